The molecule has 0 radical (unpaired) electrons. The van der Waals surface area contributed by atoms with E-state index in [0.29, 0.717) is 16.6 Å². The molecule has 5 nitrogen and oxygen atoms in total. The number of aromatic nitrogens is 1. The molecule has 0 unspecified atom stereocenters. The summed E-state index contributed by atoms with van der Waals surface area (Å²) in [6, 6.07) is 4.32. The SMILES string of the molecule is O=C(Cc1coc2cc(F)ccc12)Nc1ncc(C2CCNCC2)s1. The molecule has 1 fully saturated rings. The van der Waals surface area contributed by atoms with Crippen molar-refractivity contribution in [2.24, 2.45) is 0 Å². The van der Waals surface area contributed by atoms with Crippen molar-refractivity contribution in [1.29, 1.82) is 0 Å². The van der Waals surface area contributed by atoms with Gasteiger partial charge in [0.25, 0.3) is 0 Å². The number of thiazole rings is 1. The molecule has 0 atom stereocenters. The van der Waals surface area contributed by atoms with Crippen LogP contribution in [0, 0.1) is 5.82 Å². The van der Waals surface area contributed by atoms with Gasteiger partial charge in [-0.2, -0.15) is 0 Å². The zero-order valence-corrected chi connectivity index (χ0v) is 14.4. The Balaban J connectivity index is 1.42. The van der Waals surface area contributed by atoms with Gasteiger partial charge in [0, 0.05) is 28.1 Å². The molecule has 4 rings (SSSR count). The summed E-state index contributed by atoms with van der Waals surface area (Å²) >= 11 is 1.54. The van der Waals surface area contributed by atoms with Crippen LogP contribution in [0.2, 0.25) is 0 Å². The summed E-state index contributed by atoms with van der Waals surface area (Å²) in [5, 5.41) is 7.58. The van der Waals surface area contributed by atoms with Crippen LogP contribution in [0.4, 0.5) is 9.52 Å². The molecule has 2 aromatic heterocycles. The Morgan fingerprint density at radius 3 is 3.08 bits per heavy atom. The molecule has 2 N–H and O–H groups in total. The predicted molar refractivity (Wildman–Crippen MR) is 95.5 cm³/mol. The van der Waals surface area contributed by atoms with Gasteiger partial charge < -0.3 is 15.1 Å². The van der Waals surface area contributed by atoms with Crippen molar-refractivity contribution in [2.45, 2.75) is 25.2 Å². The number of halogens is 1. The van der Waals surface area contributed by atoms with Crippen LogP contribution in [0.25, 0.3) is 11.0 Å². The van der Waals surface area contributed by atoms with E-state index in [1.165, 1.54) is 23.3 Å². The number of carbonyl (C=O) groups excluding carboxylic acids is 1. The maximum Gasteiger partial charge on any atom is 0.230 e. The van der Waals surface area contributed by atoms with Crippen LogP contribution in [0.1, 0.15) is 29.2 Å². The number of amides is 1. The van der Waals surface area contributed by atoms with E-state index in [1.807, 2.05) is 6.20 Å². The fourth-order valence-corrected chi connectivity index (χ4v) is 4.17. The average molecular weight is 359 g/mol. The number of hydrogen-bond donors (Lipinski definition) is 2. The first-order valence-corrected chi connectivity index (χ1v) is 9.12. The second-order valence-electron chi connectivity index (χ2n) is 6.22. The predicted octanol–water partition coefficient (Wildman–Crippen LogP) is 3.68. The first kappa shape index (κ1) is 16.2. The fraction of sp³-hybridized carbons (Fsp3) is 0.333. The minimum Gasteiger partial charge on any atom is -0.464 e. The van der Waals surface area contributed by atoms with Gasteiger partial charge in [0.15, 0.2) is 5.13 Å². The molecule has 0 saturated carbocycles. The van der Waals surface area contributed by atoms with Crippen LogP contribution in [0.5, 0.6) is 0 Å². The van der Waals surface area contributed by atoms with E-state index in [4.69, 9.17) is 4.42 Å². The van der Waals surface area contributed by atoms with Crippen molar-refractivity contribution in [3.05, 3.63) is 46.9 Å². The highest BCUT2D eigenvalue weighted by atomic mass is 32.1. The smallest absolute Gasteiger partial charge is 0.230 e. The Morgan fingerprint density at radius 2 is 2.24 bits per heavy atom. The molecule has 3 aromatic rings. The Bertz CT molecular complexity index is 899. The number of furan rings is 1. The molecule has 1 aliphatic rings. The molecule has 1 aromatic carbocycles. The van der Waals surface area contributed by atoms with E-state index >= 15 is 0 Å². The van der Waals surface area contributed by atoms with E-state index in [2.05, 4.69) is 15.6 Å². The molecule has 25 heavy (non-hydrogen) atoms. The zero-order chi connectivity index (χ0) is 17.2. The molecule has 0 spiro atoms. The molecule has 7 heteroatoms. The average Bonchev–Trinajstić information content (AvgIpc) is 3.23. The van der Waals surface area contributed by atoms with Crippen LogP contribution in [0.3, 0.4) is 0 Å². The van der Waals surface area contributed by atoms with E-state index in [0.717, 1.165) is 36.9 Å². The molecule has 0 bridgehead atoms. The van der Waals surface area contributed by atoms with Crippen molar-refractivity contribution in [3.63, 3.8) is 0 Å². The lowest BCUT2D eigenvalue weighted by Crippen LogP contribution is -2.26. The van der Waals surface area contributed by atoms with Gasteiger partial charge in [-0.15, -0.1) is 11.3 Å². The summed E-state index contributed by atoms with van der Waals surface area (Å²) in [5.74, 6) is 0.0152. The third-order valence-electron chi connectivity index (χ3n) is 4.48. The van der Waals surface area contributed by atoms with Crippen LogP contribution in [0.15, 0.2) is 35.1 Å². The highest BCUT2D eigenvalue weighted by Crippen LogP contribution is 2.31. The van der Waals surface area contributed by atoms with Gasteiger partial charge in [-0.25, -0.2) is 9.37 Å². The summed E-state index contributed by atoms with van der Waals surface area (Å²) in [6.07, 6.45) is 5.75. The number of benzene rings is 1. The molecule has 1 saturated heterocycles. The summed E-state index contributed by atoms with van der Waals surface area (Å²) in [4.78, 5) is 17.9. The number of hydrogen-bond acceptors (Lipinski definition) is 5. The number of nitrogens with one attached hydrogen (secondary N) is 2. The van der Waals surface area contributed by atoms with Gasteiger partial charge in [0.05, 0.1) is 12.7 Å². The summed E-state index contributed by atoms with van der Waals surface area (Å²) in [7, 11) is 0. The normalized spacial score (nSPS) is 15.6. The van der Waals surface area contributed by atoms with Crippen LogP contribution >= 0.6 is 11.3 Å². The summed E-state index contributed by atoms with van der Waals surface area (Å²) in [5.41, 5.74) is 1.19. The van der Waals surface area contributed by atoms with Gasteiger partial charge in [-0.05, 0) is 44.0 Å². The molecule has 0 aliphatic carbocycles. The third-order valence-corrected chi connectivity index (χ3v) is 5.56. The first-order chi connectivity index (χ1) is 12.2. The largest absolute Gasteiger partial charge is 0.464 e. The molecule has 1 amide bonds. The van der Waals surface area contributed by atoms with Gasteiger partial charge in [-0.3, -0.25) is 4.79 Å². The lowest BCUT2D eigenvalue weighted by Gasteiger charge is -2.20. The Kier molecular flexibility index (Phi) is 4.50. The Morgan fingerprint density at radius 1 is 1.40 bits per heavy atom. The number of fused-ring (bicyclic) bond motifs is 1. The van der Waals surface area contributed by atoms with Gasteiger partial charge in [-0.1, -0.05) is 0 Å². The molecule has 3 heterocycles. The van der Waals surface area contributed by atoms with Crippen molar-refractivity contribution in [1.82, 2.24) is 10.3 Å². The standard InChI is InChI=1S/C18H18FN3O2S/c19-13-1-2-14-12(10-24-15(14)8-13)7-17(23)22-18-21-9-16(25-18)11-3-5-20-6-4-11/h1-2,8-11,20H,3-7H2,(H,21,22,23). The Hall–Kier alpha value is -2.25. The minimum atomic E-state index is -0.355. The van der Waals surface area contributed by atoms with E-state index in [-0.39, 0.29) is 18.1 Å². The van der Waals surface area contributed by atoms with Crippen molar-refractivity contribution in [2.75, 3.05) is 18.4 Å². The topological polar surface area (TPSA) is 67.2 Å². The van der Waals surface area contributed by atoms with Crippen molar-refractivity contribution in [3.8, 4) is 0 Å². The van der Waals surface area contributed by atoms with Crippen LogP contribution in [-0.4, -0.2) is 24.0 Å². The maximum absolute atomic E-state index is 13.2. The third kappa shape index (κ3) is 3.57. The van der Waals surface area contributed by atoms with E-state index < -0.39 is 0 Å². The monoisotopic (exact) mass is 359 g/mol. The first-order valence-electron chi connectivity index (χ1n) is 8.31. The molecular weight excluding hydrogens is 341 g/mol. The van der Waals surface area contributed by atoms with Crippen molar-refractivity contribution >= 4 is 33.3 Å². The van der Waals surface area contributed by atoms with Gasteiger partial charge in [0.1, 0.15) is 11.4 Å². The molecule has 1 aliphatic heterocycles. The highest BCUT2D eigenvalue weighted by Gasteiger charge is 2.19. The lowest BCUT2D eigenvalue weighted by molar-refractivity contribution is -0.115. The maximum atomic E-state index is 13.2. The van der Waals surface area contributed by atoms with Gasteiger partial charge >= 0.3 is 0 Å². The summed E-state index contributed by atoms with van der Waals surface area (Å²) < 4.78 is 18.5. The quantitative estimate of drug-likeness (QED) is 0.746. The number of carbonyl (C=O) groups is 1. The Labute approximate surface area is 148 Å². The fourth-order valence-electron chi connectivity index (χ4n) is 3.17. The lowest BCUT2D eigenvalue weighted by atomic mass is 9.97. The number of rotatable bonds is 4. The van der Waals surface area contributed by atoms with Gasteiger partial charge in [0.2, 0.25) is 5.91 Å². The number of piperidine rings is 1. The number of nitrogens with zero attached hydrogens (tertiary/aromatic N) is 1. The van der Waals surface area contributed by atoms with E-state index in [9.17, 15) is 9.18 Å². The molecular formula is C18H18FN3O2S. The highest BCUT2D eigenvalue weighted by molar-refractivity contribution is 7.15. The minimum absolute atomic E-state index is 0.154. The second-order valence-corrected chi connectivity index (χ2v) is 7.28. The van der Waals surface area contributed by atoms with E-state index in [1.54, 1.807) is 17.4 Å². The summed E-state index contributed by atoms with van der Waals surface area (Å²) in [6.45, 7) is 2.05. The number of anilines is 1. The zero-order valence-electron chi connectivity index (χ0n) is 13.5. The van der Waals surface area contributed by atoms with Crippen molar-refractivity contribution < 1.29 is 13.6 Å². The molecule has 130 valence electrons. The van der Waals surface area contributed by atoms with Crippen LogP contribution < -0.4 is 10.6 Å². The van der Waals surface area contributed by atoms with Crippen LogP contribution in [-0.2, 0) is 11.2 Å². The second kappa shape index (κ2) is 6.93.